The van der Waals surface area contributed by atoms with Gasteiger partial charge in [0.2, 0.25) is 11.2 Å². The molecule has 0 amide bonds. The summed E-state index contributed by atoms with van der Waals surface area (Å²) in [6, 6.07) is 11.9. The van der Waals surface area contributed by atoms with E-state index in [4.69, 9.17) is 4.74 Å². The topological polar surface area (TPSA) is 93.8 Å². The van der Waals surface area contributed by atoms with E-state index < -0.39 is 33.2 Å². The fourth-order valence-electron chi connectivity index (χ4n) is 3.91. The van der Waals surface area contributed by atoms with Crippen LogP contribution in [-0.4, -0.2) is 32.1 Å². The second-order valence-corrected chi connectivity index (χ2v) is 9.26. The van der Waals surface area contributed by atoms with Gasteiger partial charge in [-0.3, -0.25) is 4.18 Å². The van der Waals surface area contributed by atoms with Crippen LogP contribution in [0.15, 0.2) is 48.5 Å². The highest BCUT2D eigenvalue weighted by molar-refractivity contribution is 7.87. The van der Waals surface area contributed by atoms with Gasteiger partial charge in [-0.2, -0.15) is 26.2 Å². The van der Waals surface area contributed by atoms with Crippen molar-refractivity contribution in [2.45, 2.75) is 5.51 Å². The van der Waals surface area contributed by atoms with Crippen molar-refractivity contribution >= 4 is 37.8 Å². The highest BCUT2D eigenvalue weighted by atomic mass is 32.2. The third-order valence-electron chi connectivity index (χ3n) is 5.47. The van der Waals surface area contributed by atoms with E-state index in [1.807, 2.05) is 0 Å². The van der Waals surface area contributed by atoms with E-state index in [-0.39, 0.29) is 5.56 Å². The minimum Gasteiger partial charge on any atom is -0.478 e. The number of carboxylic acids is 1. The number of aromatic nitrogens is 1. The third kappa shape index (κ3) is 4.09. The number of alkyl halides is 3. The van der Waals surface area contributed by atoms with Gasteiger partial charge in [-0.1, -0.05) is 12.1 Å². The molecule has 1 aliphatic rings. The Labute approximate surface area is 200 Å². The van der Waals surface area contributed by atoms with Gasteiger partial charge in [0.1, 0.15) is 30.2 Å². The van der Waals surface area contributed by atoms with Gasteiger partial charge in [-0.25, -0.2) is 13.6 Å². The number of aromatic carboxylic acids is 1. The van der Waals surface area contributed by atoms with Crippen molar-refractivity contribution < 1.29 is 53.8 Å². The lowest BCUT2D eigenvalue weighted by Gasteiger charge is -2.20. The number of rotatable bonds is 2. The number of halogens is 5. The second kappa shape index (κ2) is 8.68. The molecule has 0 spiro atoms. The minimum atomic E-state index is -5.34. The van der Waals surface area contributed by atoms with Crippen LogP contribution in [0.1, 0.15) is 10.4 Å². The zero-order valence-electron chi connectivity index (χ0n) is 18.4. The largest absolute Gasteiger partial charge is 0.523 e. The van der Waals surface area contributed by atoms with E-state index in [2.05, 4.69) is 4.18 Å². The summed E-state index contributed by atoms with van der Waals surface area (Å²) in [4.78, 5) is 11.4. The number of pyridine rings is 1. The summed E-state index contributed by atoms with van der Waals surface area (Å²) in [7, 11) is -3.18. The lowest BCUT2D eigenvalue weighted by Crippen LogP contribution is -2.34. The molecule has 36 heavy (non-hydrogen) atoms. The van der Waals surface area contributed by atoms with Crippen LogP contribution < -0.4 is 9.30 Å². The highest BCUT2D eigenvalue weighted by Gasteiger charge is 2.46. The van der Waals surface area contributed by atoms with Gasteiger partial charge in [-0.15, -0.1) is 0 Å². The van der Waals surface area contributed by atoms with Gasteiger partial charge in [0, 0.05) is 11.5 Å². The molecule has 188 valence electrons. The van der Waals surface area contributed by atoms with Crippen LogP contribution in [0.3, 0.4) is 0 Å². The van der Waals surface area contributed by atoms with Crippen molar-refractivity contribution in [2.24, 2.45) is 7.05 Å². The lowest BCUT2D eigenvalue weighted by atomic mass is 9.95. The molecule has 1 aliphatic heterocycles. The van der Waals surface area contributed by atoms with Crippen LogP contribution in [0.2, 0.25) is 0 Å². The molecule has 7 nitrogen and oxygen atoms in total. The highest BCUT2D eigenvalue weighted by Crippen LogP contribution is 2.46. The van der Waals surface area contributed by atoms with Crippen molar-refractivity contribution in [1.82, 2.24) is 0 Å². The molecule has 0 radical (unpaired) electrons. The summed E-state index contributed by atoms with van der Waals surface area (Å²) in [6.07, 6.45) is 0. The maximum atomic E-state index is 14.9. The fraction of sp³-hybridized carbons (Fsp3) is 0.130. The van der Waals surface area contributed by atoms with Gasteiger partial charge in [0.25, 0.3) is 0 Å². The summed E-state index contributed by atoms with van der Waals surface area (Å²) in [5.74, 6) is -1.24. The Hall–Kier alpha value is -3.84. The molecular formula is C23H15F5NO6S+. The molecule has 0 aliphatic carbocycles. The Morgan fingerprint density at radius 3 is 2.31 bits per heavy atom. The zero-order valence-corrected chi connectivity index (χ0v) is 19.2. The predicted octanol–water partition coefficient (Wildman–Crippen LogP) is 5.05. The van der Waals surface area contributed by atoms with Gasteiger partial charge in [0.05, 0.1) is 29.0 Å². The lowest BCUT2D eigenvalue weighted by molar-refractivity contribution is -0.632. The van der Waals surface area contributed by atoms with E-state index in [9.17, 15) is 40.3 Å². The summed E-state index contributed by atoms with van der Waals surface area (Å²) in [6.45, 7) is 0. The van der Waals surface area contributed by atoms with E-state index in [0.29, 0.717) is 51.5 Å². The Morgan fingerprint density at radius 2 is 1.72 bits per heavy atom. The second-order valence-electron chi connectivity index (χ2n) is 7.55. The number of carboxylic acid groups (broad SMARTS) is 1. The summed E-state index contributed by atoms with van der Waals surface area (Å²) in [5, 5.41) is 10.8. The first kappa shape index (κ1) is 25.3. The normalized spacial score (nSPS) is 12.5. The molecule has 1 aromatic heterocycles. The van der Waals surface area contributed by atoms with Crippen molar-refractivity contribution in [1.29, 1.82) is 0 Å². The van der Waals surface area contributed by atoms with Crippen LogP contribution in [-0.2, 0) is 21.3 Å². The summed E-state index contributed by atoms with van der Waals surface area (Å²) >= 11 is 0. The first-order chi connectivity index (χ1) is 16.8. The van der Waals surface area contributed by atoms with Gasteiger partial charge < -0.3 is 9.84 Å². The average Bonchev–Trinajstić information content (AvgIpc) is 2.80. The first-order valence-corrected chi connectivity index (χ1v) is 11.3. The van der Waals surface area contributed by atoms with Gasteiger partial charge >= 0.3 is 21.6 Å². The molecule has 2 heterocycles. The molecule has 0 saturated carbocycles. The van der Waals surface area contributed by atoms with E-state index >= 15 is 0 Å². The van der Waals surface area contributed by atoms with Crippen LogP contribution in [0.25, 0.3) is 32.9 Å². The summed E-state index contributed by atoms with van der Waals surface area (Å²) < 4.78 is 92.3. The number of nitrogens with zero attached hydrogens (tertiary/aromatic N) is 1. The SMILES string of the molecule is COS(=O)(=O)C(F)(F)F.C[n+]1c2c3c(cccc3c3c(F)cc(C(=O)O)cc31)Oc1ccc(F)cc1-2. The number of hydrogen-bond donors (Lipinski definition) is 1. The van der Waals surface area contributed by atoms with Crippen molar-refractivity contribution in [2.75, 3.05) is 7.11 Å². The van der Waals surface area contributed by atoms with Crippen LogP contribution >= 0.6 is 0 Å². The Morgan fingerprint density at radius 1 is 1.03 bits per heavy atom. The molecule has 0 atom stereocenters. The molecule has 0 unspecified atom stereocenters. The number of benzene rings is 3. The predicted molar refractivity (Wildman–Crippen MR) is 117 cm³/mol. The van der Waals surface area contributed by atoms with Gasteiger partial charge in [0.15, 0.2) is 0 Å². The number of ether oxygens (including phenoxy) is 1. The molecule has 3 aromatic carbocycles. The molecule has 5 rings (SSSR count). The Kier molecular flexibility index (Phi) is 6.09. The Balaban J connectivity index is 0.000000292. The fourth-order valence-corrected chi connectivity index (χ4v) is 4.10. The number of aryl methyl sites for hydroxylation is 1. The molecule has 4 aromatic rings. The smallest absolute Gasteiger partial charge is 0.478 e. The average molecular weight is 528 g/mol. The monoisotopic (exact) mass is 528 g/mol. The molecule has 1 N–H and O–H groups in total. The molecular weight excluding hydrogens is 513 g/mol. The number of carbonyl (C=O) groups is 1. The molecule has 0 saturated heterocycles. The van der Waals surface area contributed by atoms with E-state index in [1.54, 1.807) is 35.9 Å². The number of fused-ring (bicyclic) bond motifs is 4. The maximum Gasteiger partial charge on any atom is 0.523 e. The standard InChI is InChI=1S/C21H11F2NO3.C2H3F3O3S/c1-24-15-8-10(21(25)26)7-14(23)18(15)12-3-2-4-17-19(12)20(24)13-9-11(22)5-6-16(13)27-17;1-8-9(6,7)2(3,4)5/h2-9H,1H3;1H3/p+1. The Bertz CT molecular complexity index is 1670. The van der Waals surface area contributed by atoms with Gasteiger partial charge in [-0.05, 0) is 30.3 Å². The number of hydrogen-bond acceptors (Lipinski definition) is 5. The van der Waals surface area contributed by atoms with Crippen LogP contribution in [0, 0.1) is 11.6 Å². The van der Waals surface area contributed by atoms with E-state index in [1.165, 1.54) is 18.2 Å². The minimum absolute atomic E-state index is 0.148. The first-order valence-electron chi connectivity index (χ1n) is 9.92. The van der Waals surface area contributed by atoms with Crippen LogP contribution in [0.4, 0.5) is 22.0 Å². The summed E-state index contributed by atoms with van der Waals surface area (Å²) in [5.41, 5.74) is -3.86. The molecule has 0 bridgehead atoms. The maximum absolute atomic E-state index is 14.9. The van der Waals surface area contributed by atoms with Crippen LogP contribution in [0.5, 0.6) is 11.5 Å². The van der Waals surface area contributed by atoms with E-state index in [0.717, 1.165) is 6.07 Å². The van der Waals surface area contributed by atoms with Crippen molar-refractivity contribution in [3.63, 3.8) is 0 Å². The third-order valence-corrected chi connectivity index (χ3v) is 6.47. The zero-order chi connectivity index (χ0) is 26.6. The molecule has 0 fully saturated rings. The van der Waals surface area contributed by atoms with Crippen molar-refractivity contribution in [3.8, 4) is 22.8 Å². The quantitative estimate of drug-likeness (QED) is 0.113. The van der Waals surface area contributed by atoms with Crippen molar-refractivity contribution in [3.05, 3.63) is 65.7 Å². The molecule has 13 heteroatoms.